The van der Waals surface area contributed by atoms with E-state index >= 15 is 0 Å². The summed E-state index contributed by atoms with van der Waals surface area (Å²) in [4.78, 5) is 17.4. The Morgan fingerprint density at radius 3 is 2.52 bits per heavy atom. The van der Waals surface area contributed by atoms with Crippen molar-refractivity contribution in [1.29, 1.82) is 0 Å². The van der Waals surface area contributed by atoms with E-state index in [2.05, 4.69) is 22.0 Å². The van der Waals surface area contributed by atoms with Crippen LogP contribution in [0.5, 0.6) is 0 Å². The summed E-state index contributed by atoms with van der Waals surface area (Å²) >= 11 is 0. The van der Waals surface area contributed by atoms with Crippen LogP contribution < -0.4 is 5.32 Å². The van der Waals surface area contributed by atoms with Crippen LogP contribution in [0.2, 0.25) is 0 Å². The summed E-state index contributed by atoms with van der Waals surface area (Å²) in [6.45, 7) is 8.13. The molecule has 0 spiro atoms. The molecule has 120 valence electrons. The van der Waals surface area contributed by atoms with Crippen molar-refractivity contribution in [3.05, 3.63) is 0 Å². The van der Waals surface area contributed by atoms with Gasteiger partial charge in [-0.2, -0.15) is 0 Å². The van der Waals surface area contributed by atoms with Crippen LogP contribution in [0.4, 0.5) is 0 Å². The van der Waals surface area contributed by atoms with E-state index in [1.54, 1.807) is 0 Å². The Bertz CT molecular complexity index is 349. The van der Waals surface area contributed by atoms with Crippen LogP contribution in [0, 0.1) is 5.92 Å². The number of carbonyl (C=O) groups is 1. The van der Waals surface area contributed by atoms with Crippen LogP contribution in [0.15, 0.2) is 0 Å². The normalized spacial score (nSPS) is 32.0. The summed E-state index contributed by atoms with van der Waals surface area (Å²) in [5.41, 5.74) is 0. The first kappa shape index (κ1) is 15.3. The molecule has 0 aromatic carbocycles. The summed E-state index contributed by atoms with van der Waals surface area (Å²) in [6, 6.07) is 0.988. The molecule has 1 N–H and O–H groups in total. The van der Waals surface area contributed by atoms with Crippen molar-refractivity contribution >= 4 is 5.91 Å². The van der Waals surface area contributed by atoms with Gasteiger partial charge in [0.25, 0.3) is 0 Å². The molecule has 2 aliphatic heterocycles. The van der Waals surface area contributed by atoms with Gasteiger partial charge in [-0.1, -0.05) is 19.8 Å². The lowest BCUT2D eigenvalue weighted by Gasteiger charge is -2.39. The predicted molar refractivity (Wildman–Crippen MR) is 82.2 cm³/mol. The van der Waals surface area contributed by atoms with Gasteiger partial charge >= 0.3 is 0 Å². The molecule has 3 rings (SSSR count). The maximum Gasteiger partial charge on any atom is 0.229 e. The van der Waals surface area contributed by atoms with Crippen molar-refractivity contribution in [3.63, 3.8) is 0 Å². The molecule has 3 fully saturated rings. The van der Waals surface area contributed by atoms with Gasteiger partial charge in [-0.3, -0.25) is 9.69 Å². The minimum absolute atomic E-state index is 0.0166. The van der Waals surface area contributed by atoms with Gasteiger partial charge in [0.2, 0.25) is 5.91 Å². The Kier molecular flexibility index (Phi) is 5.14. The third-order valence-electron chi connectivity index (χ3n) is 5.33. The monoisotopic (exact) mass is 295 g/mol. The molecule has 5 heteroatoms. The fraction of sp³-hybridized carbons (Fsp3) is 0.938. The number of carbonyl (C=O) groups excluding carboxylic acids is 1. The smallest absolute Gasteiger partial charge is 0.229 e. The van der Waals surface area contributed by atoms with Crippen molar-refractivity contribution in [2.75, 3.05) is 45.9 Å². The van der Waals surface area contributed by atoms with E-state index in [-0.39, 0.29) is 12.0 Å². The number of likely N-dealkylation sites (N-methyl/N-ethyl adjacent to an activating group) is 1. The van der Waals surface area contributed by atoms with Gasteiger partial charge in [0.05, 0.1) is 19.1 Å². The first-order chi connectivity index (χ1) is 10.3. The van der Waals surface area contributed by atoms with E-state index < -0.39 is 0 Å². The van der Waals surface area contributed by atoms with Crippen LogP contribution in [0.1, 0.15) is 32.6 Å². The Hall–Kier alpha value is -0.650. The average molecular weight is 295 g/mol. The Labute approximate surface area is 128 Å². The van der Waals surface area contributed by atoms with Crippen molar-refractivity contribution in [2.24, 2.45) is 5.92 Å². The Morgan fingerprint density at radius 2 is 1.86 bits per heavy atom. The molecule has 0 aromatic heterocycles. The largest absolute Gasteiger partial charge is 0.379 e. The lowest BCUT2D eigenvalue weighted by atomic mass is 10.0. The van der Waals surface area contributed by atoms with Gasteiger partial charge < -0.3 is 15.0 Å². The highest BCUT2D eigenvalue weighted by atomic mass is 16.5. The molecule has 2 saturated heterocycles. The van der Waals surface area contributed by atoms with Gasteiger partial charge in [-0.15, -0.1) is 0 Å². The average Bonchev–Trinajstić information content (AvgIpc) is 3.19. The molecule has 0 aromatic rings. The van der Waals surface area contributed by atoms with Crippen molar-refractivity contribution in [1.82, 2.24) is 15.1 Å². The zero-order valence-electron chi connectivity index (χ0n) is 13.2. The zero-order chi connectivity index (χ0) is 14.7. The zero-order valence-corrected chi connectivity index (χ0v) is 13.2. The van der Waals surface area contributed by atoms with Crippen LogP contribution in [-0.2, 0) is 9.53 Å². The van der Waals surface area contributed by atoms with Crippen LogP contribution in [0.3, 0.4) is 0 Å². The Morgan fingerprint density at radius 1 is 1.14 bits per heavy atom. The summed E-state index contributed by atoms with van der Waals surface area (Å²) < 4.78 is 5.52. The van der Waals surface area contributed by atoms with Crippen LogP contribution in [0.25, 0.3) is 0 Å². The standard InChI is InChI=1S/C16H29N3O2/c1-2-17-15-12-21-11-14(15)16(20)19-9-7-18(8-10-19)13-5-3-4-6-13/h13-15,17H,2-12H2,1H3. The maximum absolute atomic E-state index is 12.7. The quantitative estimate of drug-likeness (QED) is 0.829. The number of hydrogen-bond acceptors (Lipinski definition) is 4. The molecular weight excluding hydrogens is 266 g/mol. The lowest BCUT2D eigenvalue weighted by molar-refractivity contribution is -0.138. The molecule has 1 saturated carbocycles. The first-order valence-corrected chi connectivity index (χ1v) is 8.63. The summed E-state index contributed by atoms with van der Waals surface area (Å²) in [6.07, 6.45) is 5.47. The van der Waals surface area contributed by atoms with E-state index in [4.69, 9.17) is 4.74 Å². The highest BCUT2D eigenvalue weighted by Gasteiger charge is 2.37. The van der Waals surface area contributed by atoms with E-state index in [1.165, 1.54) is 25.7 Å². The number of ether oxygens (including phenoxy) is 1. The summed E-state index contributed by atoms with van der Waals surface area (Å²) in [5.74, 6) is 0.313. The molecule has 0 radical (unpaired) electrons. The second-order valence-electron chi connectivity index (χ2n) is 6.61. The van der Waals surface area contributed by atoms with E-state index in [9.17, 15) is 4.79 Å². The van der Waals surface area contributed by atoms with Gasteiger partial charge in [0.15, 0.2) is 0 Å². The van der Waals surface area contributed by atoms with Crippen molar-refractivity contribution in [3.8, 4) is 0 Å². The van der Waals surface area contributed by atoms with Gasteiger partial charge in [-0.05, 0) is 19.4 Å². The fourth-order valence-corrected chi connectivity index (χ4v) is 4.07. The second kappa shape index (κ2) is 7.07. The first-order valence-electron chi connectivity index (χ1n) is 8.63. The summed E-state index contributed by atoms with van der Waals surface area (Å²) in [5, 5.41) is 3.39. The van der Waals surface area contributed by atoms with Gasteiger partial charge in [0, 0.05) is 38.3 Å². The summed E-state index contributed by atoms with van der Waals surface area (Å²) in [7, 11) is 0. The lowest BCUT2D eigenvalue weighted by Crippen LogP contribution is -2.54. The van der Waals surface area contributed by atoms with Gasteiger partial charge in [0.1, 0.15) is 0 Å². The van der Waals surface area contributed by atoms with E-state index in [0.29, 0.717) is 19.1 Å². The predicted octanol–water partition coefficient (Wildman–Crippen LogP) is 0.698. The number of rotatable bonds is 4. The SMILES string of the molecule is CCNC1COCC1C(=O)N1CCN(C2CCCC2)CC1. The number of amides is 1. The molecule has 3 aliphatic rings. The number of nitrogens with zero attached hydrogens (tertiary/aromatic N) is 2. The molecule has 2 heterocycles. The molecule has 21 heavy (non-hydrogen) atoms. The molecule has 2 atom stereocenters. The van der Waals surface area contributed by atoms with Crippen molar-refractivity contribution in [2.45, 2.75) is 44.7 Å². The molecule has 1 aliphatic carbocycles. The second-order valence-corrected chi connectivity index (χ2v) is 6.61. The van der Waals surface area contributed by atoms with Crippen molar-refractivity contribution < 1.29 is 9.53 Å². The number of nitrogens with one attached hydrogen (secondary N) is 1. The molecule has 5 nitrogen and oxygen atoms in total. The van der Waals surface area contributed by atoms with E-state index in [1.807, 2.05) is 0 Å². The fourth-order valence-electron chi connectivity index (χ4n) is 4.07. The highest BCUT2D eigenvalue weighted by Crippen LogP contribution is 2.25. The van der Waals surface area contributed by atoms with Gasteiger partial charge in [-0.25, -0.2) is 0 Å². The molecule has 2 unspecified atom stereocenters. The van der Waals surface area contributed by atoms with Crippen LogP contribution in [-0.4, -0.2) is 73.7 Å². The topological polar surface area (TPSA) is 44.8 Å². The van der Waals surface area contributed by atoms with E-state index in [0.717, 1.165) is 38.8 Å². The Balaban J connectivity index is 1.50. The molecule has 1 amide bonds. The minimum Gasteiger partial charge on any atom is -0.379 e. The number of piperazine rings is 1. The maximum atomic E-state index is 12.7. The molecular formula is C16H29N3O2. The third-order valence-corrected chi connectivity index (χ3v) is 5.33. The number of hydrogen-bond donors (Lipinski definition) is 1. The highest BCUT2D eigenvalue weighted by molar-refractivity contribution is 5.80. The van der Waals surface area contributed by atoms with Crippen LogP contribution >= 0.6 is 0 Å². The minimum atomic E-state index is 0.0166. The third kappa shape index (κ3) is 3.41. The molecule has 0 bridgehead atoms.